The summed E-state index contributed by atoms with van der Waals surface area (Å²) in [7, 11) is 0. The van der Waals surface area contributed by atoms with Crippen LogP contribution in [0.4, 0.5) is 5.69 Å². The highest BCUT2D eigenvalue weighted by atomic mass is 16.5. The first kappa shape index (κ1) is 12.0. The van der Waals surface area contributed by atoms with Crippen LogP contribution in [0.1, 0.15) is 24.8 Å². The predicted octanol–water partition coefficient (Wildman–Crippen LogP) is 1.81. The molecule has 0 bridgehead atoms. The Morgan fingerprint density at radius 1 is 1.37 bits per heavy atom. The molecule has 0 spiro atoms. The number of rotatable bonds is 4. The largest absolute Gasteiger partial charge is 0.478 e. The first-order valence-corrected chi connectivity index (χ1v) is 6.46. The molecule has 1 aromatic carbocycles. The minimum absolute atomic E-state index is 0.0124. The number of carboxylic acids is 1. The zero-order chi connectivity index (χ0) is 13.4. The fraction of sp³-hybridized carbons (Fsp3) is 0.429. The second-order valence-corrected chi connectivity index (χ2v) is 5.08. The number of aliphatic carboxylic acids is 1. The molecular formula is C14H15NO4. The summed E-state index contributed by atoms with van der Waals surface area (Å²) < 4.78 is 5.55. The number of hydrogen-bond acceptors (Lipinski definition) is 3. The number of ether oxygens (including phenoxy) is 1. The van der Waals surface area contributed by atoms with E-state index in [-0.39, 0.29) is 11.8 Å². The normalized spacial score (nSPS) is 19.3. The van der Waals surface area contributed by atoms with Crippen LogP contribution in [0.15, 0.2) is 18.2 Å². The molecule has 2 aliphatic rings. The molecule has 1 atom stereocenters. The molecule has 5 nitrogen and oxygen atoms in total. The molecule has 2 N–H and O–H groups in total. The van der Waals surface area contributed by atoms with E-state index in [2.05, 4.69) is 5.32 Å². The molecule has 1 amide bonds. The van der Waals surface area contributed by atoms with Gasteiger partial charge < -0.3 is 15.2 Å². The van der Waals surface area contributed by atoms with Crippen LogP contribution in [0, 0.1) is 5.92 Å². The van der Waals surface area contributed by atoms with E-state index in [0.29, 0.717) is 18.6 Å². The Hall–Kier alpha value is -2.04. The van der Waals surface area contributed by atoms with Crippen molar-refractivity contribution in [1.82, 2.24) is 0 Å². The number of nitrogens with one attached hydrogen (secondary N) is 1. The molecule has 1 unspecified atom stereocenters. The highest BCUT2D eigenvalue weighted by Gasteiger charge is 2.38. The molecule has 5 heteroatoms. The molecular weight excluding hydrogens is 246 g/mol. The molecule has 0 saturated heterocycles. The second kappa shape index (κ2) is 4.57. The summed E-state index contributed by atoms with van der Waals surface area (Å²) in [5.41, 5.74) is 1.79. The SMILES string of the molecule is O=C1CCc2ccc(OC(C(=O)O)C3CC3)cc2N1. The first-order valence-electron chi connectivity index (χ1n) is 6.46. The number of amides is 1. The molecule has 19 heavy (non-hydrogen) atoms. The molecule has 0 aromatic heterocycles. The number of carbonyl (C=O) groups excluding carboxylic acids is 1. The van der Waals surface area contributed by atoms with Crippen molar-refractivity contribution in [2.45, 2.75) is 31.8 Å². The van der Waals surface area contributed by atoms with E-state index < -0.39 is 12.1 Å². The van der Waals surface area contributed by atoms with Crippen molar-refractivity contribution in [3.05, 3.63) is 23.8 Å². The maximum Gasteiger partial charge on any atom is 0.345 e. The summed E-state index contributed by atoms with van der Waals surface area (Å²) >= 11 is 0. The second-order valence-electron chi connectivity index (χ2n) is 5.08. The topological polar surface area (TPSA) is 75.6 Å². The van der Waals surface area contributed by atoms with Crippen molar-refractivity contribution in [3.8, 4) is 5.75 Å². The van der Waals surface area contributed by atoms with Crippen LogP contribution in [0.5, 0.6) is 5.75 Å². The molecule has 1 heterocycles. The van der Waals surface area contributed by atoms with Gasteiger partial charge in [-0.3, -0.25) is 4.79 Å². The van der Waals surface area contributed by atoms with Crippen LogP contribution in [0.2, 0.25) is 0 Å². The number of anilines is 1. The molecule has 1 aliphatic carbocycles. The van der Waals surface area contributed by atoms with Crippen molar-refractivity contribution in [1.29, 1.82) is 0 Å². The summed E-state index contributed by atoms with van der Waals surface area (Å²) in [5, 5.41) is 11.9. The zero-order valence-electron chi connectivity index (χ0n) is 10.4. The molecule has 1 fully saturated rings. The molecule has 100 valence electrons. The van der Waals surface area contributed by atoms with Crippen molar-refractivity contribution >= 4 is 17.6 Å². The van der Waals surface area contributed by atoms with Gasteiger partial charge in [-0.25, -0.2) is 4.79 Å². The van der Waals surface area contributed by atoms with E-state index in [1.54, 1.807) is 12.1 Å². The number of carbonyl (C=O) groups is 2. The quantitative estimate of drug-likeness (QED) is 0.866. The summed E-state index contributed by atoms with van der Waals surface area (Å²) in [5.74, 6) is -0.325. The van der Waals surface area contributed by atoms with Gasteiger partial charge in [-0.2, -0.15) is 0 Å². The minimum atomic E-state index is -0.927. The van der Waals surface area contributed by atoms with Crippen molar-refractivity contribution < 1.29 is 19.4 Å². The van der Waals surface area contributed by atoms with Gasteiger partial charge in [0, 0.05) is 24.1 Å². The molecule has 3 rings (SSSR count). The fourth-order valence-electron chi connectivity index (χ4n) is 2.32. The third kappa shape index (κ3) is 2.54. The van der Waals surface area contributed by atoms with Gasteiger partial charge in [0.2, 0.25) is 5.91 Å². The number of benzene rings is 1. The van der Waals surface area contributed by atoms with E-state index in [1.165, 1.54) is 0 Å². The van der Waals surface area contributed by atoms with Crippen LogP contribution in [-0.4, -0.2) is 23.1 Å². The highest BCUT2D eigenvalue weighted by molar-refractivity contribution is 5.94. The van der Waals surface area contributed by atoms with E-state index in [4.69, 9.17) is 9.84 Å². The van der Waals surface area contributed by atoms with E-state index in [0.717, 1.165) is 24.1 Å². The van der Waals surface area contributed by atoms with Gasteiger partial charge in [0.1, 0.15) is 5.75 Å². The Morgan fingerprint density at radius 2 is 2.16 bits per heavy atom. The number of fused-ring (bicyclic) bond motifs is 1. The Labute approximate surface area is 110 Å². The van der Waals surface area contributed by atoms with E-state index in [9.17, 15) is 9.59 Å². The van der Waals surface area contributed by atoms with Crippen molar-refractivity contribution in [2.24, 2.45) is 5.92 Å². The highest BCUT2D eigenvalue weighted by Crippen LogP contribution is 2.36. The fourth-order valence-corrected chi connectivity index (χ4v) is 2.32. The van der Waals surface area contributed by atoms with E-state index >= 15 is 0 Å². The number of carboxylic acid groups (broad SMARTS) is 1. The van der Waals surface area contributed by atoms with Crippen LogP contribution >= 0.6 is 0 Å². The lowest BCUT2D eigenvalue weighted by Crippen LogP contribution is -2.29. The predicted molar refractivity (Wildman–Crippen MR) is 68.2 cm³/mol. The van der Waals surface area contributed by atoms with Crippen LogP contribution in [0.25, 0.3) is 0 Å². The van der Waals surface area contributed by atoms with E-state index in [1.807, 2.05) is 6.07 Å². The zero-order valence-corrected chi connectivity index (χ0v) is 10.4. The average molecular weight is 261 g/mol. The van der Waals surface area contributed by atoms with Gasteiger partial charge in [0.05, 0.1) is 0 Å². The Kier molecular flexibility index (Phi) is 2.89. The number of aryl methyl sites for hydroxylation is 1. The monoisotopic (exact) mass is 261 g/mol. The Bertz CT molecular complexity index is 536. The van der Waals surface area contributed by atoms with Crippen molar-refractivity contribution in [2.75, 3.05) is 5.32 Å². The van der Waals surface area contributed by atoms with Crippen molar-refractivity contribution in [3.63, 3.8) is 0 Å². The lowest BCUT2D eigenvalue weighted by molar-refractivity contribution is -0.146. The molecule has 1 aliphatic heterocycles. The average Bonchev–Trinajstić information content (AvgIpc) is 3.19. The van der Waals surface area contributed by atoms with Gasteiger partial charge in [0.15, 0.2) is 6.10 Å². The maximum atomic E-state index is 11.3. The molecule has 0 radical (unpaired) electrons. The smallest absolute Gasteiger partial charge is 0.345 e. The van der Waals surface area contributed by atoms with Gasteiger partial charge in [-0.05, 0) is 30.9 Å². The summed E-state index contributed by atoms with van der Waals surface area (Å²) in [4.78, 5) is 22.5. The van der Waals surface area contributed by atoms with Gasteiger partial charge in [-0.15, -0.1) is 0 Å². The van der Waals surface area contributed by atoms with Crippen LogP contribution in [0.3, 0.4) is 0 Å². The van der Waals surface area contributed by atoms with Gasteiger partial charge in [0.25, 0.3) is 0 Å². The minimum Gasteiger partial charge on any atom is -0.478 e. The third-order valence-corrected chi connectivity index (χ3v) is 3.53. The first-order chi connectivity index (χ1) is 9.13. The van der Waals surface area contributed by atoms with Gasteiger partial charge in [-0.1, -0.05) is 6.07 Å². The van der Waals surface area contributed by atoms with Crippen LogP contribution in [-0.2, 0) is 16.0 Å². The van der Waals surface area contributed by atoms with Gasteiger partial charge >= 0.3 is 5.97 Å². The Balaban J connectivity index is 1.79. The summed E-state index contributed by atoms with van der Waals surface area (Å²) in [6.07, 6.45) is 2.23. The molecule has 1 saturated carbocycles. The van der Waals surface area contributed by atoms with Crippen LogP contribution < -0.4 is 10.1 Å². The summed E-state index contributed by atoms with van der Waals surface area (Å²) in [6, 6.07) is 5.37. The maximum absolute atomic E-state index is 11.3. The lowest BCUT2D eigenvalue weighted by Gasteiger charge is -2.19. The molecule has 1 aromatic rings. The third-order valence-electron chi connectivity index (χ3n) is 3.53. The summed E-state index contributed by atoms with van der Waals surface area (Å²) in [6.45, 7) is 0. The standard InChI is InChI=1S/C14H15NO4/c16-12-6-4-8-3-5-10(7-11(8)15-12)19-13(14(17)18)9-1-2-9/h3,5,7,9,13H,1-2,4,6H2,(H,15,16)(H,17,18). The Morgan fingerprint density at radius 3 is 2.84 bits per heavy atom. The lowest BCUT2D eigenvalue weighted by atomic mass is 10.0. The number of hydrogen-bond donors (Lipinski definition) is 2.